The first kappa shape index (κ1) is 17.9. The largest absolute Gasteiger partial charge is 0.416 e. The van der Waals surface area contributed by atoms with E-state index >= 15 is 0 Å². The van der Waals surface area contributed by atoms with Gasteiger partial charge in [0.1, 0.15) is 5.82 Å². The Hall–Kier alpha value is -1.92. The first-order chi connectivity index (χ1) is 11.9. The minimum atomic E-state index is -4.46. The maximum atomic E-state index is 13.3. The Bertz CT molecular complexity index is 708. The van der Waals surface area contributed by atoms with E-state index < -0.39 is 29.6 Å². The minimum Gasteiger partial charge on any atom is -0.391 e. The van der Waals surface area contributed by atoms with Crippen molar-refractivity contribution in [3.8, 4) is 0 Å². The number of halogens is 4. The van der Waals surface area contributed by atoms with Crippen molar-refractivity contribution in [1.82, 2.24) is 5.32 Å². The summed E-state index contributed by atoms with van der Waals surface area (Å²) in [6.45, 7) is 0.764. The third-order valence-corrected chi connectivity index (χ3v) is 4.65. The van der Waals surface area contributed by atoms with Gasteiger partial charge in [0.05, 0.1) is 11.7 Å². The lowest BCUT2D eigenvalue weighted by atomic mass is 9.82. The fraction of sp³-hybridized carbons (Fsp3) is 0.368. The molecule has 2 aromatic carbocycles. The van der Waals surface area contributed by atoms with Crippen molar-refractivity contribution in [1.29, 1.82) is 0 Å². The zero-order valence-electron chi connectivity index (χ0n) is 13.4. The first-order valence-electron chi connectivity index (χ1n) is 8.20. The lowest BCUT2D eigenvalue weighted by molar-refractivity contribution is -0.137. The third kappa shape index (κ3) is 4.02. The molecule has 1 saturated heterocycles. The molecule has 25 heavy (non-hydrogen) atoms. The number of rotatable bonds is 4. The van der Waals surface area contributed by atoms with Gasteiger partial charge in [-0.1, -0.05) is 30.3 Å². The van der Waals surface area contributed by atoms with Gasteiger partial charge in [-0.2, -0.15) is 13.2 Å². The average Bonchev–Trinajstić information content (AvgIpc) is 3.11. The van der Waals surface area contributed by atoms with Crippen LogP contribution in [0.25, 0.3) is 0 Å². The zero-order valence-corrected chi connectivity index (χ0v) is 13.4. The van der Waals surface area contributed by atoms with Crippen molar-refractivity contribution in [3.05, 3.63) is 71.0 Å². The van der Waals surface area contributed by atoms with Crippen LogP contribution < -0.4 is 5.32 Å². The van der Waals surface area contributed by atoms with E-state index in [1.807, 2.05) is 0 Å². The summed E-state index contributed by atoms with van der Waals surface area (Å²) in [6, 6.07) is 10.3. The molecule has 134 valence electrons. The summed E-state index contributed by atoms with van der Waals surface area (Å²) in [6.07, 6.45) is -3.71. The van der Waals surface area contributed by atoms with Crippen molar-refractivity contribution < 1.29 is 22.7 Å². The molecule has 2 N–H and O–H groups in total. The summed E-state index contributed by atoms with van der Waals surface area (Å²) >= 11 is 0. The monoisotopic (exact) mass is 353 g/mol. The highest BCUT2D eigenvalue weighted by Gasteiger charge is 2.35. The molecule has 0 aliphatic carbocycles. The summed E-state index contributed by atoms with van der Waals surface area (Å²) in [5, 5.41) is 14.0. The molecule has 0 radical (unpaired) electrons. The highest BCUT2D eigenvalue weighted by molar-refractivity contribution is 5.37. The van der Waals surface area contributed by atoms with E-state index in [9.17, 15) is 22.7 Å². The van der Waals surface area contributed by atoms with Crippen LogP contribution in [0.4, 0.5) is 17.6 Å². The second-order valence-corrected chi connectivity index (χ2v) is 6.35. The molecule has 0 aromatic heterocycles. The van der Waals surface area contributed by atoms with E-state index in [0.29, 0.717) is 11.1 Å². The van der Waals surface area contributed by atoms with Gasteiger partial charge < -0.3 is 10.4 Å². The van der Waals surface area contributed by atoms with Gasteiger partial charge in [0.2, 0.25) is 0 Å². The van der Waals surface area contributed by atoms with Crippen LogP contribution in [0.1, 0.15) is 35.4 Å². The molecular formula is C19H19F4NO. The Labute approximate surface area is 143 Å². The summed E-state index contributed by atoms with van der Waals surface area (Å²) in [5.41, 5.74) is 0.188. The summed E-state index contributed by atoms with van der Waals surface area (Å²) in [7, 11) is 0. The fourth-order valence-corrected chi connectivity index (χ4v) is 3.40. The number of hydrogen-bond donors (Lipinski definition) is 2. The van der Waals surface area contributed by atoms with Crippen molar-refractivity contribution in [2.45, 2.75) is 37.1 Å². The summed E-state index contributed by atoms with van der Waals surface area (Å²) in [4.78, 5) is 0. The van der Waals surface area contributed by atoms with Crippen LogP contribution in [-0.2, 0) is 6.18 Å². The van der Waals surface area contributed by atoms with Crippen molar-refractivity contribution in [2.24, 2.45) is 0 Å². The molecule has 3 atom stereocenters. The highest BCUT2D eigenvalue weighted by atomic mass is 19.4. The SMILES string of the molecule is O[C@H]([C@H](c1ccc(F)cc1)c1cccc(C(F)(F)F)c1)[C@H]1CCCN1. The van der Waals surface area contributed by atoms with Crippen molar-refractivity contribution in [2.75, 3.05) is 6.54 Å². The minimum absolute atomic E-state index is 0.204. The number of alkyl halides is 3. The molecule has 2 aromatic rings. The zero-order chi connectivity index (χ0) is 18.0. The molecule has 0 saturated carbocycles. The molecule has 1 aliphatic rings. The fourth-order valence-electron chi connectivity index (χ4n) is 3.40. The van der Waals surface area contributed by atoms with Gasteiger partial charge in [-0.05, 0) is 48.7 Å². The molecule has 3 rings (SSSR count). The van der Waals surface area contributed by atoms with Crippen LogP contribution >= 0.6 is 0 Å². The molecular weight excluding hydrogens is 334 g/mol. The van der Waals surface area contributed by atoms with Gasteiger partial charge in [-0.25, -0.2) is 4.39 Å². The number of hydrogen-bond acceptors (Lipinski definition) is 2. The maximum Gasteiger partial charge on any atom is 0.416 e. The highest BCUT2D eigenvalue weighted by Crippen LogP contribution is 2.36. The Morgan fingerprint density at radius 1 is 1.04 bits per heavy atom. The van der Waals surface area contributed by atoms with Gasteiger partial charge >= 0.3 is 6.18 Å². The maximum absolute atomic E-state index is 13.3. The van der Waals surface area contributed by atoms with E-state index in [1.165, 1.54) is 30.3 Å². The Balaban J connectivity index is 2.02. The van der Waals surface area contributed by atoms with E-state index in [0.717, 1.165) is 31.5 Å². The van der Waals surface area contributed by atoms with Gasteiger partial charge in [0.15, 0.2) is 0 Å². The molecule has 0 amide bonds. The van der Waals surface area contributed by atoms with E-state index in [-0.39, 0.29) is 6.04 Å². The van der Waals surface area contributed by atoms with Crippen molar-refractivity contribution >= 4 is 0 Å². The number of benzene rings is 2. The van der Waals surface area contributed by atoms with Crippen molar-refractivity contribution in [3.63, 3.8) is 0 Å². The van der Waals surface area contributed by atoms with Gasteiger partial charge in [-0.3, -0.25) is 0 Å². The lowest BCUT2D eigenvalue weighted by Gasteiger charge is -2.29. The Kier molecular flexibility index (Phi) is 5.11. The summed E-state index contributed by atoms with van der Waals surface area (Å²) < 4.78 is 52.4. The molecule has 0 bridgehead atoms. The van der Waals surface area contributed by atoms with Crippen LogP contribution in [-0.4, -0.2) is 23.8 Å². The number of aliphatic hydroxyl groups excluding tert-OH is 1. The van der Waals surface area contributed by atoms with E-state index in [1.54, 1.807) is 6.07 Å². The smallest absolute Gasteiger partial charge is 0.391 e. The van der Waals surface area contributed by atoms with Crippen LogP contribution in [0.15, 0.2) is 48.5 Å². The quantitative estimate of drug-likeness (QED) is 0.812. The third-order valence-electron chi connectivity index (χ3n) is 4.65. The van der Waals surface area contributed by atoms with Gasteiger partial charge in [0.25, 0.3) is 0 Å². The standard InChI is InChI=1S/C19H19F4NO/c20-15-8-6-12(7-9-15)17(18(25)16-5-2-10-24-16)13-3-1-4-14(11-13)19(21,22)23/h1,3-4,6-9,11,16-18,24-25H,2,5,10H2/t16-,17-,18+/m1/s1. The molecule has 1 heterocycles. The topological polar surface area (TPSA) is 32.3 Å². The number of aliphatic hydroxyl groups is 1. The molecule has 6 heteroatoms. The second-order valence-electron chi connectivity index (χ2n) is 6.35. The molecule has 1 aliphatic heterocycles. The molecule has 0 unspecified atom stereocenters. The first-order valence-corrected chi connectivity index (χ1v) is 8.20. The van der Waals surface area contributed by atoms with E-state index in [2.05, 4.69) is 5.32 Å². The van der Waals surface area contributed by atoms with Crippen LogP contribution in [0.2, 0.25) is 0 Å². The molecule has 1 fully saturated rings. The molecule has 2 nitrogen and oxygen atoms in total. The predicted octanol–water partition coefficient (Wildman–Crippen LogP) is 4.09. The molecule has 0 spiro atoms. The number of nitrogens with one attached hydrogen (secondary N) is 1. The van der Waals surface area contributed by atoms with E-state index in [4.69, 9.17) is 0 Å². The van der Waals surface area contributed by atoms with Crippen LogP contribution in [0.3, 0.4) is 0 Å². The second kappa shape index (κ2) is 7.14. The van der Waals surface area contributed by atoms with Gasteiger partial charge in [0, 0.05) is 12.0 Å². The Morgan fingerprint density at radius 2 is 1.76 bits per heavy atom. The van der Waals surface area contributed by atoms with Crippen LogP contribution in [0.5, 0.6) is 0 Å². The Morgan fingerprint density at radius 3 is 2.36 bits per heavy atom. The lowest BCUT2D eigenvalue weighted by Crippen LogP contribution is -2.39. The van der Waals surface area contributed by atoms with Crippen LogP contribution in [0, 0.1) is 5.82 Å². The average molecular weight is 353 g/mol. The summed E-state index contributed by atoms with van der Waals surface area (Å²) in [5.74, 6) is -1.10. The normalized spacial score (nSPS) is 20.4. The predicted molar refractivity (Wildman–Crippen MR) is 86.7 cm³/mol. The van der Waals surface area contributed by atoms with Gasteiger partial charge in [-0.15, -0.1) is 0 Å².